The molecule has 0 fully saturated rings. The van der Waals surface area contributed by atoms with Crippen molar-refractivity contribution in [3.05, 3.63) is 76.1 Å². The van der Waals surface area contributed by atoms with Gasteiger partial charge in [-0.1, -0.05) is 31.8 Å². The molecule has 0 unspecified atom stereocenters. The number of rotatable bonds is 6. The molecule has 150 valence electrons. The molecule has 1 heterocycles. The molecule has 2 aromatic carbocycles. The first-order chi connectivity index (χ1) is 13.7. The van der Waals surface area contributed by atoms with Crippen LogP contribution in [0, 0.1) is 0 Å². The SMILES string of the molecule is C[Si](C)(C)CCOC(=O)c1ccccc1C(=O)Oc1ccc2ccc(=O)oc2c1. The number of ether oxygens (including phenoxy) is 2. The Bertz CT molecular complexity index is 1110. The summed E-state index contributed by atoms with van der Waals surface area (Å²) in [7, 11) is -1.34. The second-order valence-electron chi connectivity index (χ2n) is 7.84. The molecule has 6 nitrogen and oxygen atoms in total. The largest absolute Gasteiger partial charge is 0.462 e. The van der Waals surface area contributed by atoms with Gasteiger partial charge < -0.3 is 13.9 Å². The second-order valence-corrected chi connectivity index (χ2v) is 13.5. The summed E-state index contributed by atoms with van der Waals surface area (Å²) in [6, 6.07) is 14.9. The number of fused-ring (bicyclic) bond motifs is 1. The molecule has 0 N–H and O–H groups in total. The summed E-state index contributed by atoms with van der Waals surface area (Å²) in [5, 5.41) is 0.704. The van der Waals surface area contributed by atoms with Crippen LogP contribution in [0.4, 0.5) is 0 Å². The summed E-state index contributed by atoms with van der Waals surface area (Å²) >= 11 is 0. The molecule has 0 spiro atoms. The first kappa shape index (κ1) is 20.5. The van der Waals surface area contributed by atoms with Gasteiger partial charge in [0.25, 0.3) is 0 Å². The highest BCUT2D eigenvalue weighted by atomic mass is 28.3. The molecule has 0 atom stereocenters. The highest BCUT2D eigenvalue weighted by Gasteiger charge is 2.21. The van der Waals surface area contributed by atoms with Gasteiger partial charge >= 0.3 is 17.6 Å². The molecule has 1 aromatic heterocycles. The molecule has 7 heteroatoms. The van der Waals surface area contributed by atoms with E-state index in [1.54, 1.807) is 30.3 Å². The lowest BCUT2D eigenvalue weighted by Gasteiger charge is -2.15. The van der Waals surface area contributed by atoms with Gasteiger partial charge in [0.1, 0.15) is 11.3 Å². The quantitative estimate of drug-likeness (QED) is 0.257. The Morgan fingerprint density at radius 1 is 0.931 bits per heavy atom. The molecule has 0 amide bonds. The Hall–Kier alpha value is -3.19. The van der Waals surface area contributed by atoms with E-state index in [2.05, 4.69) is 19.6 Å². The highest BCUT2D eigenvalue weighted by molar-refractivity contribution is 6.76. The molecule has 0 aliphatic heterocycles. The Kier molecular flexibility index (Phi) is 5.98. The molecule has 29 heavy (non-hydrogen) atoms. The third-order valence-electron chi connectivity index (χ3n) is 4.26. The zero-order valence-electron chi connectivity index (χ0n) is 16.6. The standard InChI is InChI=1S/C22H22O6Si/c1-29(2,3)13-12-26-21(24)17-6-4-5-7-18(17)22(25)27-16-10-8-15-9-11-20(23)28-19(15)14-16/h4-11,14H,12-13H2,1-3H3. The Balaban J connectivity index is 1.77. The zero-order valence-corrected chi connectivity index (χ0v) is 17.6. The van der Waals surface area contributed by atoms with Crippen LogP contribution in [0.2, 0.25) is 25.7 Å². The first-order valence-corrected chi connectivity index (χ1v) is 13.0. The van der Waals surface area contributed by atoms with Gasteiger partial charge in [0, 0.05) is 25.6 Å². The molecule has 0 saturated heterocycles. The summed E-state index contributed by atoms with van der Waals surface area (Å²) in [5.41, 5.74) is 0.0785. The molecular weight excluding hydrogens is 388 g/mol. The fraction of sp³-hybridized carbons (Fsp3) is 0.227. The molecule has 3 rings (SSSR count). The highest BCUT2D eigenvalue weighted by Crippen LogP contribution is 2.21. The van der Waals surface area contributed by atoms with Gasteiger partial charge in [0.2, 0.25) is 0 Å². The number of hydrogen-bond donors (Lipinski definition) is 0. The van der Waals surface area contributed by atoms with E-state index in [1.165, 1.54) is 24.3 Å². The molecule has 0 bridgehead atoms. The smallest absolute Gasteiger partial charge is 0.344 e. The van der Waals surface area contributed by atoms with Crippen LogP contribution in [0.5, 0.6) is 5.75 Å². The predicted molar refractivity (Wildman–Crippen MR) is 112 cm³/mol. The van der Waals surface area contributed by atoms with E-state index in [4.69, 9.17) is 13.9 Å². The van der Waals surface area contributed by atoms with Gasteiger partial charge in [0.15, 0.2) is 0 Å². The van der Waals surface area contributed by atoms with Crippen molar-refractivity contribution in [2.45, 2.75) is 25.7 Å². The van der Waals surface area contributed by atoms with E-state index in [-0.39, 0.29) is 16.9 Å². The minimum Gasteiger partial charge on any atom is -0.462 e. The van der Waals surface area contributed by atoms with Gasteiger partial charge in [-0.05, 0) is 36.4 Å². The van der Waals surface area contributed by atoms with E-state index >= 15 is 0 Å². The van der Waals surface area contributed by atoms with Crippen molar-refractivity contribution < 1.29 is 23.5 Å². The topological polar surface area (TPSA) is 82.8 Å². The number of hydrogen-bond acceptors (Lipinski definition) is 6. The van der Waals surface area contributed by atoms with Gasteiger partial charge in [0.05, 0.1) is 17.7 Å². The maximum absolute atomic E-state index is 12.7. The maximum atomic E-state index is 12.7. The van der Waals surface area contributed by atoms with Crippen LogP contribution in [-0.4, -0.2) is 26.6 Å². The molecule has 3 aromatic rings. The second kappa shape index (κ2) is 8.44. The first-order valence-electron chi connectivity index (χ1n) is 9.25. The lowest BCUT2D eigenvalue weighted by atomic mass is 10.1. The average Bonchev–Trinajstić information content (AvgIpc) is 2.66. The van der Waals surface area contributed by atoms with Crippen LogP contribution >= 0.6 is 0 Å². The summed E-state index contributed by atoms with van der Waals surface area (Å²) in [6.45, 7) is 6.90. The summed E-state index contributed by atoms with van der Waals surface area (Å²) < 4.78 is 15.9. The van der Waals surface area contributed by atoms with Crippen LogP contribution in [0.15, 0.2) is 63.8 Å². The van der Waals surface area contributed by atoms with Gasteiger partial charge in [-0.2, -0.15) is 0 Å². The number of benzene rings is 2. The van der Waals surface area contributed by atoms with Gasteiger partial charge in [-0.25, -0.2) is 14.4 Å². The third-order valence-corrected chi connectivity index (χ3v) is 5.96. The van der Waals surface area contributed by atoms with Crippen LogP contribution in [0.25, 0.3) is 11.0 Å². The van der Waals surface area contributed by atoms with Crippen molar-refractivity contribution in [2.75, 3.05) is 6.61 Å². The van der Waals surface area contributed by atoms with E-state index in [9.17, 15) is 14.4 Å². The van der Waals surface area contributed by atoms with Crippen molar-refractivity contribution in [3.8, 4) is 5.75 Å². The Morgan fingerprint density at radius 3 is 2.28 bits per heavy atom. The maximum Gasteiger partial charge on any atom is 0.344 e. The van der Waals surface area contributed by atoms with Crippen molar-refractivity contribution in [3.63, 3.8) is 0 Å². The predicted octanol–water partition coefficient (Wildman–Crippen LogP) is 4.51. The fourth-order valence-corrected chi connectivity index (χ4v) is 3.35. The number of carbonyl (C=O) groups excluding carboxylic acids is 2. The monoisotopic (exact) mass is 410 g/mol. The minimum absolute atomic E-state index is 0.111. The van der Waals surface area contributed by atoms with Crippen molar-refractivity contribution in [1.82, 2.24) is 0 Å². The normalized spacial score (nSPS) is 11.3. The number of esters is 2. The van der Waals surface area contributed by atoms with Crippen LogP contribution in [0.3, 0.4) is 0 Å². The Morgan fingerprint density at radius 2 is 1.59 bits per heavy atom. The molecule has 0 aliphatic rings. The fourth-order valence-electron chi connectivity index (χ4n) is 2.63. The average molecular weight is 410 g/mol. The lowest BCUT2D eigenvalue weighted by Crippen LogP contribution is -2.23. The van der Waals surface area contributed by atoms with E-state index < -0.39 is 25.6 Å². The molecule has 0 aliphatic carbocycles. The molecule has 0 saturated carbocycles. The van der Waals surface area contributed by atoms with E-state index in [0.717, 1.165) is 6.04 Å². The van der Waals surface area contributed by atoms with Gasteiger partial charge in [-0.3, -0.25) is 0 Å². The molecular formula is C22H22O6Si. The lowest BCUT2D eigenvalue weighted by molar-refractivity contribution is 0.0516. The van der Waals surface area contributed by atoms with Crippen LogP contribution in [0.1, 0.15) is 20.7 Å². The van der Waals surface area contributed by atoms with Crippen molar-refractivity contribution >= 4 is 31.0 Å². The Labute approximate surface area is 169 Å². The summed E-state index contributed by atoms with van der Waals surface area (Å²) in [6.07, 6.45) is 0. The number of carbonyl (C=O) groups is 2. The van der Waals surface area contributed by atoms with Crippen molar-refractivity contribution in [1.29, 1.82) is 0 Å². The summed E-state index contributed by atoms with van der Waals surface area (Å²) in [4.78, 5) is 36.5. The van der Waals surface area contributed by atoms with Crippen molar-refractivity contribution in [2.24, 2.45) is 0 Å². The van der Waals surface area contributed by atoms with E-state index in [0.29, 0.717) is 17.6 Å². The zero-order chi connectivity index (χ0) is 21.0. The summed E-state index contributed by atoms with van der Waals surface area (Å²) in [5.74, 6) is -1.04. The van der Waals surface area contributed by atoms with Gasteiger partial charge in [-0.15, -0.1) is 0 Å². The minimum atomic E-state index is -1.34. The van der Waals surface area contributed by atoms with Crippen LogP contribution in [-0.2, 0) is 4.74 Å². The van der Waals surface area contributed by atoms with Crippen LogP contribution < -0.4 is 10.4 Å². The molecule has 0 radical (unpaired) electrons. The van der Waals surface area contributed by atoms with E-state index in [1.807, 2.05) is 0 Å². The third kappa shape index (κ3) is 5.42.